The van der Waals surface area contributed by atoms with Crippen LogP contribution >= 0.6 is 24.0 Å². The fourth-order valence-electron chi connectivity index (χ4n) is 3.42. The third-order valence-corrected chi connectivity index (χ3v) is 4.90. The molecule has 7 nitrogen and oxygen atoms in total. The molecule has 1 fully saturated rings. The molecule has 0 radical (unpaired) electrons. The Balaban J connectivity index is 0.00000300. The summed E-state index contributed by atoms with van der Waals surface area (Å²) in [5.41, 5.74) is 3.13. The van der Waals surface area contributed by atoms with Crippen LogP contribution in [0.3, 0.4) is 0 Å². The van der Waals surface area contributed by atoms with E-state index >= 15 is 0 Å². The maximum atomic E-state index is 11.9. The van der Waals surface area contributed by atoms with Crippen LogP contribution in [0.25, 0.3) is 5.69 Å². The number of carbonyl (C=O) groups is 1. The number of nitrogens with zero attached hydrogens (tertiary/aromatic N) is 4. The number of guanidine groups is 1. The molecular formula is C21H31IN6O. The lowest BCUT2D eigenvalue weighted by atomic mass is 10.2. The molecule has 1 amide bonds. The molecule has 2 N–H and O–H groups in total. The fraction of sp³-hybridized carbons (Fsp3) is 0.476. The highest BCUT2D eigenvalue weighted by Gasteiger charge is 2.25. The summed E-state index contributed by atoms with van der Waals surface area (Å²) < 4.78 is 1.89. The lowest BCUT2D eigenvalue weighted by Gasteiger charge is -2.19. The third kappa shape index (κ3) is 6.19. The quantitative estimate of drug-likeness (QED) is 0.356. The van der Waals surface area contributed by atoms with Crippen molar-refractivity contribution in [2.75, 3.05) is 19.6 Å². The van der Waals surface area contributed by atoms with Crippen LogP contribution in [0.2, 0.25) is 0 Å². The van der Waals surface area contributed by atoms with Crippen molar-refractivity contribution in [3.63, 3.8) is 0 Å². The Labute approximate surface area is 190 Å². The molecule has 3 rings (SSSR count). The number of aryl methyl sites for hydroxylation is 1. The molecule has 1 saturated heterocycles. The van der Waals surface area contributed by atoms with Gasteiger partial charge in [0.1, 0.15) is 0 Å². The standard InChI is InChI=1S/C21H30N6O.HI/c1-4-20(28)26-12-11-18(15-26)24-21(22-5-2)23-14-17-8-6-7-9-19(17)27-13-10-16(3)25-27;/h6-10,13,18H,4-5,11-12,14-15H2,1-3H3,(H2,22,23,24);1H. The maximum absolute atomic E-state index is 11.9. The lowest BCUT2D eigenvalue weighted by molar-refractivity contribution is -0.129. The average Bonchev–Trinajstić information content (AvgIpc) is 3.35. The predicted octanol–water partition coefficient (Wildman–Crippen LogP) is 2.86. The van der Waals surface area contributed by atoms with Gasteiger partial charge in [0.15, 0.2) is 5.96 Å². The number of nitrogens with one attached hydrogen (secondary N) is 2. The number of amides is 1. The molecule has 1 aromatic carbocycles. The van der Waals surface area contributed by atoms with E-state index in [1.54, 1.807) is 0 Å². The zero-order valence-electron chi connectivity index (χ0n) is 17.4. The van der Waals surface area contributed by atoms with Crippen LogP contribution in [-0.4, -0.2) is 52.2 Å². The second-order valence-corrected chi connectivity index (χ2v) is 7.05. The first-order valence-corrected chi connectivity index (χ1v) is 10.0. The van der Waals surface area contributed by atoms with Crippen molar-refractivity contribution >= 4 is 35.8 Å². The average molecular weight is 510 g/mol. The first-order valence-electron chi connectivity index (χ1n) is 10.0. The highest BCUT2D eigenvalue weighted by atomic mass is 127. The van der Waals surface area contributed by atoms with Gasteiger partial charge in [-0.05, 0) is 38.0 Å². The van der Waals surface area contributed by atoms with Crippen LogP contribution in [0.1, 0.15) is 37.9 Å². The van der Waals surface area contributed by atoms with Gasteiger partial charge in [0.05, 0.1) is 17.9 Å². The van der Waals surface area contributed by atoms with Crippen LogP contribution < -0.4 is 10.6 Å². The molecule has 1 atom stereocenters. The Kier molecular flexibility index (Phi) is 8.94. The van der Waals surface area contributed by atoms with E-state index in [1.165, 1.54) is 0 Å². The van der Waals surface area contributed by atoms with Crippen LogP contribution in [0, 0.1) is 6.92 Å². The second kappa shape index (κ2) is 11.2. The highest BCUT2D eigenvalue weighted by Crippen LogP contribution is 2.15. The van der Waals surface area contributed by atoms with E-state index in [2.05, 4.69) is 34.8 Å². The van der Waals surface area contributed by atoms with Crippen molar-refractivity contribution in [3.05, 3.63) is 47.8 Å². The van der Waals surface area contributed by atoms with Crippen LogP contribution in [0.4, 0.5) is 0 Å². The molecule has 0 aliphatic carbocycles. The molecule has 8 heteroatoms. The number of halogens is 1. The molecule has 29 heavy (non-hydrogen) atoms. The van der Waals surface area contributed by atoms with E-state index in [0.717, 1.165) is 49.0 Å². The minimum Gasteiger partial charge on any atom is -0.357 e. The van der Waals surface area contributed by atoms with Gasteiger partial charge in [-0.15, -0.1) is 24.0 Å². The van der Waals surface area contributed by atoms with Crippen LogP contribution in [0.5, 0.6) is 0 Å². The summed E-state index contributed by atoms with van der Waals surface area (Å²) in [7, 11) is 0. The highest BCUT2D eigenvalue weighted by molar-refractivity contribution is 14.0. The van der Waals surface area contributed by atoms with Crippen LogP contribution in [0.15, 0.2) is 41.5 Å². The van der Waals surface area contributed by atoms with E-state index in [1.807, 2.05) is 47.8 Å². The summed E-state index contributed by atoms with van der Waals surface area (Å²) in [6.07, 6.45) is 3.48. The predicted molar refractivity (Wildman–Crippen MR) is 127 cm³/mol. The summed E-state index contributed by atoms with van der Waals surface area (Å²) in [4.78, 5) is 18.6. The zero-order valence-corrected chi connectivity index (χ0v) is 19.7. The largest absolute Gasteiger partial charge is 0.357 e. The number of likely N-dealkylation sites (tertiary alicyclic amines) is 1. The van der Waals surface area contributed by atoms with Crippen molar-refractivity contribution in [3.8, 4) is 5.69 Å². The van der Waals surface area contributed by atoms with Crippen LogP contribution in [-0.2, 0) is 11.3 Å². The lowest BCUT2D eigenvalue weighted by Crippen LogP contribution is -2.45. The van der Waals surface area contributed by atoms with Gasteiger partial charge in [-0.25, -0.2) is 9.67 Å². The second-order valence-electron chi connectivity index (χ2n) is 7.05. The molecule has 1 aliphatic heterocycles. The number of benzene rings is 1. The van der Waals surface area contributed by atoms with Crippen molar-refractivity contribution in [2.45, 2.75) is 46.2 Å². The van der Waals surface area contributed by atoms with Gasteiger partial charge < -0.3 is 15.5 Å². The van der Waals surface area contributed by atoms with Crippen molar-refractivity contribution in [1.29, 1.82) is 0 Å². The fourth-order valence-corrected chi connectivity index (χ4v) is 3.42. The molecule has 158 valence electrons. The smallest absolute Gasteiger partial charge is 0.222 e. The summed E-state index contributed by atoms with van der Waals surface area (Å²) in [5.74, 6) is 0.999. The van der Waals surface area contributed by atoms with Crippen molar-refractivity contribution in [2.24, 2.45) is 4.99 Å². The summed E-state index contributed by atoms with van der Waals surface area (Å²) in [6, 6.07) is 10.4. The Morgan fingerprint density at radius 3 is 2.76 bits per heavy atom. The first-order chi connectivity index (χ1) is 13.6. The molecule has 0 bridgehead atoms. The summed E-state index contributed by atoms with van der Waals surface area (Å²) in [6.45, 7) is 8.83. The van der Waals surface area contributed by atoms with Gasteiger partial charge in [0.2, 0.25) is 5.91 Å². The van der Waals surface area contributed by atoms with E-state index in [-0.39, 0.29) is 35.9 Å². The number of carbonyl (C=O) groups excluding carboxylic acids is 1. The van der Waals surface area contributed by atoms with Gasteiger partial charge in [-0.1, -0.05) is 25.1 Å². The van der Waals surface area contributed by atoms with E-state index in [9.17, 15) is 4.79 Å². The molecule has 1 aliphatic rings. The van der Waals surface area contributed by atoms with E-state index in [0.29, 0.717) is 13.0 Å². The Hall–Kier alpha value is -2.10. The topological polar surface area (TPSA) is 74.6 Å². The number of hydrogen-bond acceptors (Lipinski definition) is 3. The molecule has 1 unspecified atom stereocenters. The Morgan fingerprint density at radius 2 is 2.07 bits per heavy atom. The Morgan fingerprint density at radius 1 is 1.28 bits per heavy atom. The number of hydrogen-bond donors (Lipinski definition) is 2. The van der Waals surface area contributed by atoms with Gasteiger partial charge in [-0.2, -0.15) is 5.10 Å². The zero-order chi connectivity index (χ0) is 19.9. The van der Waals surface area contributed by atoms with Gasteiger partial charge in [0.25, 0.3) is 0 Å². The third-order valence-electron chi connectivity index (χ3n) is 4.90. The van der Waals surface area contributed by atoms with Crippen molar-refractivity contribution < 1.29 is 4.79 Å². The number of para-hydroxylation sites is 1. The molecule has 0 saturated carbocycles. The molecular weight excluding hydrogens is 479 g/mol. The minimum absolute atomic E-state index is 0. The Bertz CT molecular complexity index is 834. The molecule has 2 heterocycles. The van der Waals surface area contributed by atoms with Crippen molar-refractivity contribution in [1.82, 2.24) is 25.3 Å². The normalized spacial score (nSPS) is 16.4. The summed E-state index contributed by atoms with van der Waals surface area (Å²) >= 11 is 0. The van der Waals surface area contributed by atoms with Gasteiger partial charge in [-0.3, -0.25) is 4.79 Å². The molecule has 0 spiro atoms. The molecule has 1 aromatic heterocycles. The van der Waals surface area contributed by atoms with E-state index in [4.69, 9.17) is 4.99 Å². The monoisotopic (exact) mass is 510 g/mol. The van der Waals surface area contributed by atoms with Gasteiger partial charge in [0, 0.05) is 38.3 Å². The molecule has 2 aromatic rings. The SMILES string of the molecule is CCNC(=NCc1ccccc1-n1ccc(C)n1)NC1CCN(C(=O)CC)C1.I. The maximum Gasteiger partial charge on any atom is 0.222 e. The first kappa shape index (κ1) is 23.2. The van der Waals surface area contributed by atoms with E-state index < -0.39 is 0 Å². The number of rotatable bonds is 6. The van der Waals surface area contributed by atoms with Gasteiger partial charge >= 0.3 is 0 Å². The number of aliphatic imine (C=N–C) groups is 1. The minimum atomic E-state index is 0. The number of aromatic nitrogens is 2. The summed E-state index contributed by atoms with van der Waals surface area (Å²) in [5, 5.41) is 11.3.